The second kappa shape index (κ2) is 15.7. The van der Waals surface area contributed by atoms with Crippen LogP contribution in [-0.4, -0.2) is 46.9 Å². The molecule has 0 aliphatic carbocycles. The Labute approximate surface area is 76.0 Å². The summed E-state index contributed by atoms with van der Waals surface area (Å²) in [5.41, 5.74) is 0. The molecule has 0 fully saturated rings. The fourth-order valence-electron chi connectivity index (χ4n) is 0. The van der Waals surface area contributed by atoms with Crippen LogP contribution in [0.5, 0.6) is 0 Å². The van der Waals surface area contributed by atoms with E-state index in [0.29, 0.717) is 0 Å². The second-order valence-electron chi connectivity index (χ2n) is 0.325. The van der Waals surface area contributed by atoms with Gasteiger partial charge in [0.25, 0.3) is 0 Å². The summed E-state index contributed by atoms with van der Waals surface area (Å²) in [5, 5.41) is 9.00. The molecule has 0 aliphatic heterocycles. The van der Waals surface area contributed by atoms with Gasteiger partial charge in [0.15, 0.2) is 0 Å². The third-order valence-corrected chi connectivity index (χ3v) is 0. The molecule has 0 aliphatic rings. The average molecular weight is 162 g/mol. The van der Waals surface area contributed by atoms with Gasteiger partial charge in [-0.15, -0.1) is 5.34 Å². The maximum Gasteiger partial charge on any atom is 2.00 e. The van der Waals surface area contributed by atoms with Gasteiger partial charge in [0.2, 0.25) is 0 Å². The van der Waals surface area contributed by atoms with Crippen molar-refractivity contribution in [3.8, 4) is 0 Å². The smallest absolute Gasteiger partial charge is 0.672 e. The summed E-state index contributed by atoms with van der Waals surface area (Å²) in [6.45, 7) is 0. The standard InChI is InChI=1S/Ca.HNO2.O3Si/c;2-1-3;1-4(2)3/h;(H,2,3);/q+2;;-2/p-1. The second-order valence-corrected chi connectivity index (χ2v) is 0.825. The minimum absolute atomic E-state index is 0. The molecule has 0 N–H and O–H groups in total. The molecule has 0 aromatic carbocycles. The van der Waals surface area contributed by atoms with E-state index < -0.39 is 9.17 Å². The molecule has 0 spiro atoms. The van der Waals surface area contributed by atoms with Gasteiger partial charge < -0.3 is 24.2 Å². The third kappa shape index (κ3) is 2280. The molecular formula is CaNO5Si-. The summed E-state index contributed by atoms with van der Waals surface area (Å²) in [4.78, 5) is 25.0. The van der Waals surface area contributed by atoms with Crippen molar-refractivity contribution in [2.24, 2.45) is 5.34 Å². The molecule has 0 aromatic heterocycles. The number of hydrogen-bond acceptors (Lipinski definition) is 6. The fourth-order valence-corrected chi connectivity index (χ4v) is 0. The normalized spacial score (nSPS) is 4.50. The SMILES string of the molecule is O=N[O-].O=[Si]([O-])[O-].[Ca+2]. The quantitative estimate of drug-likeness (QED) is 0.214. The van der Waals surface area contributed by atoms with Gasteiger partial charge in [-0.3, -0.25) is 0 Å². The Bertz CT molecular complexity index is 59.4. The minimum atomic E-state index is -3.63. The van der Waals surface area contributed by atoms with E-state index in [0.717, 1.165) is 5.34 Å². The van der Waals surface area contributed by atoms with E-state index in [4.69, 9.17) is 24.2 Å². The zero-order valence-electron chi connectivity index (χ0n) is 3.70. The summed E-state index contributed by atoms with van der Waals surface area (Å²) in [6.07, 6.45) is 0. The van der Waals surface area contributed by atoms with Gasteiger partial charge in [0.1, 0.15) is 0 Å². The zero-order valence-corrected chi connectivity index (χ0v) is 6.90. The van der Waals surface area contributed by atoms with Gasteiger partial charge in [-0.2, -0.15) is 0 Å². The van der Waals surface area contributed by atoms with Crippen LogP contribution in [-0.2, 0) is 4.46 Å². The van der Waals surface area contributed by atoms with Gasteiger partial charge >= 0.3 is 37.7 Å². The predicted molar refractivity (Wildman–Crippen MR) is 21.4 cm³/mol. The molecule has 6 nitrogen and oxygen atoms in total. The molecule has 0 saturated heterocycles. The first-order valence-corrected chi connectivity index (χ1v) is 2.20. The van der Waals surface area contributed by atoms with E-state index in [2.05, 4.69) is 0 Å². The summed E-state index contributed by atoms with van der Waals surface area (Å²) >= 11 is 0. The molecule has 8 heteroatoms. The summed E-state index contributed by atoms with van der Waals surface area (Å²) < 4.78 is 8.52. The summed E-state index contributed by atoms with van der Waals surface area (Å²) in [6, 6.07) is 0. The van der Waals surface area contributed by atoms with Crippen LogP contribution in [0.1, 0.15) is 0 Å². The molecular weight excluding hydrogens is 162 g/mol. The van der Waals surface area contributed by atoms with Crippen molar-refractivity contribution in [1.82, 2.24) is 0 Å². The van der Waals surface area contributed by atoms with Gasteiger partial charge in [0.05, 0.1) is 0 Å². The first-order chi connectivity index (χ1) is 3.15. The van der Waals surface area contributed by atoms with Crippen LogP contribution < -0.4 is 9.59 Å². The largest absolute Gasteiger partial charge is 2.00 e. The van der Waals surface area contributed by atoms with E-state index >= 15 is 0 Å². The maximum absolute atomic E-state index is 8.52. The van der Waals surface area contributed by atoms with Gasteiger partial charge in [-0.05, 0) is 0 Å². The fraction of sp³-hybridized carbons (Fsp3) is 0. The number of nitrogens with zero attached hydrogens (tertiary/aromatic N) is 1. The summed E-state index contributed by atoms with van der Waals surface area (Å²) in [7, 11) is -3.63. The summed E-state index contributed by atoms with van der Waals surface area (Å²) in [5.74, 6) is 0. The molecule has 42 valence electrons. The Hall–Kier alpha value is 0.277. The molecule has 0 saturated carbocycles. The van der Waals surface area contributed by atoms with Crippen molar-refractivity contribution in [1.29, 1.82) is 0 Å². The first-order valence-electron chi connectivity index (χ1n) is 0.978. The van der Waals surface area contributed by atoms with E-state index in [1.54, 1.807) is 0 Å². The maximum atomic E-state index is 8.52. The Kier molecular flexibility index (Phi) is 30.8. The average Bonchev–Trinajstić information content (AvgIpc) is 1.33. The molecule has 0 bridgehead atoms. The Morgan fingerprint density at radius 2 is 1.38 bits per heavy atom. The number of hydrogen-bond donors (Lipinski definition) is 0. The molecule has 0 aromatic rings. The van der Waals surface area contributed by atoms with Crippen LogP contribution in [0.25, 0.3) is 0 Å². The van der Waals surface area contributed by atoms with E-state index in [-0.39, 0.29) is 37.7 Å². The van der Waals surface area contributed by atoms with Gasteiger partial charge in [0, 0.05) is 9.17 Å². The van der Waals surface area contributed by atoms with E-state index in [1.165, 1.54) is 0 Å². The van der Waals surface area contributed by atoms with Crippen LogP contribution in [0.2, 0.25) is 0 Å². The minimum Gasteiger partial charge on any atom is -0.672 e. The van der Waals surface area contributed by atoms with Crippen molar-refractivity contribution in [3.63, 3.8) is 0 Å². The molecule has 0 atom stereocenters. The van der Waals surface area contributed by atoms with Crippen molar-refractivity contribution in [2.45, 2.75) is 0 Å². The monoisotopic (exact) mass is 162 g/mol. The molecule has 0 rings (SSSR count). The van der Waals surface area contributed by atoms with E-state index in [1.807, 2.05) is 0 Å². The van der Waals surface area contributed by atoms with Gasteiger partial charge in [-0.1, -0.05) is 0 Å². The third-order valence-electron chi connectivity index (χ3n) is 0. The Morgan fingerprint density at radius 1 is 1.38 bits per heavy atom. The van der Waals surface area contributed by atoms with Crippen LogP contribution in [0.15, 0.2) is 5.34 Å². The van der Waals surface area contributed by atoms with Gasteiger partial charge in [-0.25, -0.2) is 0 Å². The van der Waals surface area contributed by atoms with Crippen molar-refractivity contribution in [2.75, 3.05) is 0 Å². The Balaban J connectivity index is -0.0000000575. The molecule has 8 heavy (non-hydrogen) atoms. The topological polar surface area (TPSA) is 116 Å². The number of rotatable bonds is 0. The Morgan fingerprint density at radius 3 is 1.38 bits per heavy atom. The molecule has 0 amide bonds. The molecule has 0 heterocycles. The van der Waals surface area contributed by atoms with Crippen molar-refractivity contribution in [3.05, 3.63) is 10.1 Å². The van der Waals surface area contributed by atoms with E-state index in [9.17, 15) is 0 Å². The van der Waals surface area contributed by atoms with Crippen LogP contribution in [0.4, 0.5) is 0 Å². The molecule has 0 unspecified atom stereocenters. The van der Waals surface area contributed by atoms with Crippen LogP contribution >= 0.6 is 0 Å². The van der Waals surface area contributed by atoms with Crippen molar-refractivity contribution >= 4 is 46.9 Å². The first kappa shape index (κ1) is 15.7. The predicted octanol–water partition coefficient (Wildman–Crippen LogP) is -3.01. The van der Waals surface area contributed by atoms with Crippen molar-refractivity contribution < 1.29 is 14.1 Å². The van der Waals surface area contributed by atoms with Crippen LogP contribution in [0, 0.1) is 10.1 Å². The van der Waals surface area contributed by atoms with Crippen LogP contribution in [0.3, 0.4) is 0 Å². The molecule has 0 radical (unpaired) electrons. The zero-order chi connectivity index (χ0) is 6.28.